The minimum atomic E-state index is -4.57. The number of hydrogen-bond acceptors (Lipinski definition) is 6. The van der Waals surface area contributed by atoms with E-state index in [1.54, 1.807) is 35.5 Å². The van der Waals surface area contributed by atoms with E-state index in [1.807, 2.05) is 0 Å². The molecule has 3 aliphatic rings. The molecule has 2 saturated heterocycles. The average molecular weight is 602 g/mol. The van der Waals surface area contributed by atoms with Crippen LogP contribution in [0.5, 0.6) is 0 Å². The number of halogens is 3. The lowest BCUT2D eigenvalue weighted by Crippen LogP contribution is -2.57. The van der Waals surface area contributed by atoms with Crippen LogP contribution in [0.1, 0.15) is 59.8 Å². The monoisotopic (exact) mass is 601 g/mol. The van der Waals surface area contributed by atoms with E-state index in [0.29, 0.717) is 49.8 Å². The Kier molecular flexibility index (Phi) is 6.86. The Labute approximate surface area is 251 Å². The summed E-state index contributed by atoms with van der Waals surface area (Å²) in [7, 11) is 0. The maximum atomic E-state index is 13.7. The number of amides is 2. The van der Waals surface area contributed by atoms with Crippen LogP contribution in [0.4, 0.5) is 18.9 Å². The van der Waals surface area contributed by atoms with Gasteiger partial charge in [0.15, 0.2) is 5.69 Å². The molecule has 1 spiro atoms. The molecule has 2 amide bonds. The molecule has 1 aliphatic carbocycles. The number of carbonyl (C=O) groups is 2. The summed E-state index contributed by atoms with van der Waals surface area (Å²) in [6.45, 7) is 1.11. The SMILES string of the molecule is O=C(c1cc(-c2ccncc2)n(-c2ccc(C(F)(F)F)nc2)n1)N1CCC2(CC1)C(=O)NCN2c1ccc(C2CCC2)cc1. The summed E-state index contributed by atoms with van der Waals surface area (Å²) in [4.78, 5) is 38.4. The number of anilines is 1. The molecule has 0 radical (unpaired) electrons. The van der Waals surface area contributed by atoms with Gasteiger partial charge in [0.25, 0.3) is 5.91 Å². The van der Waals surface area contributed by atoms with E-state index in [0.717, 1.165) is 18.0 Å². The van der Waals surface area contributed by atoms with Crippen molar-refractivity contribution in [2.24, 2.45) is 0 Å². The van der Waals surface area contributed by atoms with Gasteiger partial charge in [0, 0.05) is 36.7 Å². The maximum absolute atomic E-state index is 13.7. The third-order valence-electron chi connectivity index (χ3n) is 9.18. The third kappa shape index (κ3) is 4.87. The van der Waals surface area contributed by atoms with Gasteiger partial charge in [-0.05, 0) is 79.6 Å². The molecule has 1 N–H and O–H groups in total. The van der Waals surface area contributed by atoms with Crippen molar-refractivity contribution in [1.29, 1.82) is 0 Å². The molecule has 3 fully saturated rings. The first kappa shape index (κ1) is 28.1. The van der Waals surface area contributed by atoms with Gasteiger partial charge in [-0.1, -0.05) is 18.6 Å². The summed E-state index contributed by atoms with van der Waals surface area (Å²) in [5, 5.41) is 7.53. The van der Waals surface area contributed by atoms with E-state index >= 15 is 0 Å². The fourth-order valence-corrected chi connectivity index (χ4v) is 6.42. The predicted octanol–water partition coefficient (Wildman–Crippen LogP) is 5.18. The minimum Gasteiger partial charge on any atom is -0.339 e. The number of pyridine rings is 2. The van der Waals surface area contributed by atoms with Gasteiger partial charge in [-0.3, -0.25) is 14.6 Å². The van der Waals surface area contributed by atoms with Crippen molar-refractivity contribution in [2.45, 2.75) is 49.7 Å². The number of piperidine rings is 1. The first-order valence-corrected chi connectivity index (χ1v) is 14.7. The van der Waals surface area contributed by atoms with Crippen LogP contribution in [0, 0.1) is 0 Å². The summed E-state index contributed by atoms with van der Waals surface area (Å²) < 4.78 is 40.8. The van der Waals surface area contributed by atoms with Crippen molar-refractivity contribution in [1.82, 2.24) is 30.0 Å². The molecule has 7 rings (SSSR count). The van der Waals surface area contributed by atoms with Crippen LogP contribution in [-0.4, -0.2) is 61.8 Å². The lowest BCUT2D eigenvalue weighted by Gasteiger charge is -2.43. The first-order chi connectivity index (χ1) is 21.2. The van der Waals surface area contributed by atoms with Gasteiger partial charge in [0.1, 0.15) is 11.2 Å². The van der Waals surface area contributed by atoms with E-state index in [2.05, 4.69) is 49.5 Å². The fraction of sp³-hybridized carbons (Fsp3) is 0.344. The van der Waals surface area contributed by atoms with Crippen molar-refractivity contribution in [2.75, 3.05) is 24.7 Å². The second kappa shape index (κ2) is 10.8. The topological polar surface area (TPSA) is 96.2 Å². The van der Waals surface area contributed by atoms with Crippen molar-refractivity contribution in [3.63, 3.8) is 0 Å². The first-order valence-electron chi connectivity index (χ1n) is 14.7. The predicted molar refractivity (Wildman–Crippen MR) is 156 cm³/mol. The van der Waals surface area contributed by atoms with Crippen LogP contribution >= 0.6 is 0 Å². The lowest BCUT2D eigenvalue weighted by molar-refractivity contribution is -0.141. The highest BCUT2D eigenvalue weighted by Gasteiger charge is 2.51. The Hall–Kier alpha value is -4.74. The number of aromatic nitrogens is 4. The van der Waals surface area contributed by atoms with Crippen LogP contribution in [-0.2, 0) is 11.0 Å². The number of nitrogens with one attached hydrogen (secondary N) is 1. The molecule has 226 valence electrons. The second-order valence-corrected chi connectivity index (χ2v) is 11.6. The summed E-state index contributed by atoms with van der Waals surface area (Å²) in [6, 6.07) is 15.8. The molecule has 3 aromatic heterocycles. The van der Waals surface area contributed by atoms with Gasteiger partial charge in [-0.25, -0.2) is 9.67 Å². The van der Waals surface area contributed by atoms with Gasteiger partial charge in [0.2, 0.25) is 5.91 Å². The molecule has 0 atom stereocenters. The highest BCUT2D eigenvalue weighted by atomic mass is 19.4. The Balaban J connectivity index is 1.12. The van der Waals surface area contributed by atoms with Crippen molar-refractivity contribution in [3.8, 4) is 16.9 Å². The van der Waals surface area contributed by atoms with Crippen LogP contribution in [0.25, 0.3) is 16.9 Å². The molecular formula is C32H30F3N7O2. The number of rotatable bonds is 5. The van der Waals surface area contributed by atoms with Crippen LogP contribution in [0.15, 0.2) is 73.2 Å². The second-order valence-electron chi connectivity index (χ2n) is 11.6. The van der Waals surface area contributed by atoms with E-state index < -0.39 is 17.4 Å². The molecule has 1 saturated carbocycles. The maximum Gasteiger partial charge on any atom is 0.433 e. The Morgan fingerprint density at radius 1 is 0.955 bits per heavy atom. The number of carbonyl (C=O) groups excluding carboxylic acids is 2. The van der Waals surface area contributed by atoms with Crippen molar-refractivity contribution >= 4 is 17.5 Å². The zero-order chi connectivity index (χ0) is 30.5. The van der Waals surface area contributed by atoms with Crippen LogP contribution < -0.4 is 10.2 Å². The average Bonchev–Trinajstić information content (AvgIpc) is 3.59. The van der Waals surface area contributed by atoms with Crippen LogP contribution in [0.3, 0.4) is 0 Å². The zero-order valence-electron chi connectivity index (χ0n) is 23.8. The normalized spacial score (nSPS) is 18.4. The lowest BCUT2D eigenvalue weighted by atomic mass is 9.80. The van der Waals surface area contributed by atoms with E-state index in [-0.39, 0.29) is 23.2 Å². The van der Waals surface area contributed by atoms with Gasteiger partial charge in [-0.2, -0.15) is 18.3 Å². The Morgan fingerprint density at radius 2 is 1.66 bits per heavy atom. The summed E-state index contributed by atoms with van der Waals surface area (Å²) in [6.07, 6.45) is 4.31. The number of nitrogens with zero attached hydrogens (tertiary/aromatic N) is 6. The van der Waals surface area contributed by atoms with E-state index in [9.17, 15) is 22.8 Å². The summed E-state index contributed by atoms with van der Waals surface area (Å²) >= 11 is 0. The summed E-state index contributed by atoms with van der Waals surface area (Å²) in [5.41, 5.74) is 2.18. The number of benzene rings is 1. The Bertz CT molecular complexity index is 1680. The molecule has 2 aliphatic heterocycles. The van der Waals surface area contributed by atoms with Gasteiger partial charge >= 0.3 is 6.18 Å². The molecule has 0 unspecified atom stereocenters. The highest BCUT2D eigenvalue weighted by Crippen LogP contribution is 2.40. The number of hydrogen-bond donors (Lipinski definition) is 1. The fourth-order valence-electron chi connectivity index (χ4n) is 6.42. The van der Waals surface area contributed by atoms with E-state index in [1.165, 1.54) is 35.6 Å². The van der Waals surface area contributed by atoms with Crippen molar-refractivity contribution in [3.05, 3.63) is 90.1 Å². The molecule has 44 heavy (non-hydrogen) atoms. The summed E-state index contributed by atoms with van der Waals surface area (Å²) in [5.74, 6) is 0.277. The third-order valence-corrected chi connectivity index (χ3v) is 9.18. The Morgan fingerprint density at radius 3 is 2.27 bits per heavy atom. The molecule has 12 heteroatoms. The van der Waals surface area contributed by atoms with Crippen LogP contribution in [0.2, 0.25) is 0 Å². The molecule has 5 heterocycles. The molecule has 9 nitrogen and oxygen atoms in total. The van der Waals surface area contributed by atoms with Gasteiger partial charge < -0.3 is 15.1 Å². The molecular weight excluding hydrogens is 571 g/mol. The minimum absolute atomic E-state index is 0.0354. The largest absolute Gasteiger partial charge is 0.433 e. The van der Waals surface area contributed by atoms with Gasteiger partial charge in [0.05, 0.1) is 24.2 Å². The number of likely N-dealkylation sites (tertiary alicyclic amines) is 1. The standard InChI is InChI=1S/C32H30F3N7O2/c33-32(34,35)28-9-8-25(19-37-28)42-27(23-10-14-36-15-11-23)18-26(39-42)29(43)40-16-12-31(13-17-40)30(44)38-20-41(31)24-6-4-22(5-7-24)21-2-1-3-21/h4-11,14-15,18-19,21H,1-3,12-13,16-17,20H2,(H,38,44). The van der Waals surface area contributed by atoms with Gasteiger partial charge in [-0.15, -0.1) is 0 Å². The molecule has 1 aromatic carbocycles. The number of alkyl halides is 3. The molecule has 4 aromatic rings. The van der Waals surface area contributed by atoms with Crippen molar-refractivity contribution < 1.29 is 22.8 Å². The molecule has 0 bridgehead atoms. The van der Waals surface area contributed by atoms with E-state index in [4.69, 9.17) is 0 Å². The smallest absolute Gasteiger partial charge is 0.339 e. The zero-order valence-corrected chi connectivity index (χ0v) is 23.8. The highest BCUT2D eigenvalue weighted by molar-refractivity contribution is 5.96. The quantitative estimate of drug-likeness (QED) is 0.339.